The van der Waals surface area contributed by atoms with Gasteiger partial charge in [0.15, 0.2) is 4.34 Å². The Bertz CT molecular complexity index is 761. The number of anilines is 1. The maximum atomic E-state index is 11.9. The first kappa shape index (κ1) is 18.1. The zero-order valence-electron chi connectivity index (χ0n) is 13.1. The minimum atomic E-state index is -0.477. The summed E-state index contributed by atoms with van der Waals surface area (Å²) in [5.41, 5.74) is 0.554. The van der Waals surface area contributed by atoms with Gasteiger partial charge in [-0.3, -0.25) is 20.2 Å². The highest BCUT2D eigenvalue weighted by molar-refractivity contribution is 8.01. The Kier molecular flexibility index (Phi) is 6.44. The first-order valence-corrected chi connectivity index (χ1v) is 8.91. The van der Waals surface area contributed by atoms with Gasteiger partial charge in [0.05, 0.1) is 4.92 Å². The minimum Gasteiger partial charge on any atom is -0.297 e. The maximum Gasteiger partial charge on any atom is 0.270 e. The Labute approximate surface area is 147 Å². The molecule has 1 unspecified atom stereocenters. The van der Waals surface area contributed by atoms with Crippen LogP contribution in [0.15, 0.2) is 34.7 Å². The van der Waals surface area contributed by atoms with Gasteiger partial charge in [-0.2, -0.15) is 0 Å². The normalized spacial score (nSPS) is 12.2. The predicted octanol–water partition coefficient (Wildman–Crippen LogP) is 3.99. The second-order valence-electron chi connectivity index (χ2n) is 4.88. The Morgan fingerprint density at radius 2 is 2.29 bits per heavy atom. The van der Waals surface area contributed by atoms with Gasteiger partial charge < -0.3 is 0 Å². The summed E-state index contributed by atoms with van der Waals surface area (Å²) < 4.78 is 0.808. The van der Waals surface area contributed by atoms with E-state index < -0.39 is 4.92 Å². The first-order valence-electron chi connectivity index (χ1n) is 7.21. The molecule has 0 aliphatic carbocycles. The van der Waals surface area contributed by atoms with Gasteiger partial charge in [-0.1, -0.05) is 49.1 Å². The van der Waals surface area contributed by atoms with Crippen molar-refractivity contribution in [2.75, 3.05) is 5.32 Å². The third-order valence-corrected chi connectivity index (χ3v) is 5.21. The molecule has 0 radical (unpaired) electrons. The summed E-state index contributed by atoms with van der Waals surface area (Å²) in [6.07, 6.45) is 3.85. The molecule has 24 heavy (non-hydrogen) atoms. The van der Waals surface area contributed by atoms with Crippen molar-refractivity contribution in [2.24, 2.45) is 0 Å². The van der Waals surface area contributed by atoms with E-state index in [0.29, 0.717) is 15.9 Å². The van der Waals surface area contributed by atoms with Gasteiger partial charge in [0.2, 0.25) is 11.0 Å². The summed E-state index contributed by atoms with van der Waals surface area (Å²) in [5, 5.41) is 22.2. The van der Waals surface area contributed by atoms with Crippen LogP contribution in [0.4, 0.5) is 10.8 Å². The lowest BCUT2D eigenvalue weighted by Gasteiger charge is -2.02. The summed E-state index contributed by atoms with van der Waals surface area (Å²) in [7, 11) is 0. The van der Waals surface area contributed by atoms with Crippen LogP contribution in [0.5, 0.6) is 0 Å². The van der Waals surface area contributed by atoms with E-state index in [1.165, 1.54) is 35.6 Å². The number of amides is 1. The van der Waals surface area contributed by atoms with Crippen LogP contribution in [0.25, 0.3) is 6.08 Å². The van der Waals surface area contributed by atoms with Crippen molar-refractivity contribution < 1.29 is 9.72 Å². The van der Waals surface area contributed by atoms with Gasteiger partial charge in [0.1, 0.15) is 0 Å². The molecule has 2 rings (SSSR count). The maximum absolute atomic E-state index is 11.9. The molecule has 7 nitrogen and oxygen atoms in total. The summed E-state index contributed by atoms with van der Waals surface area (Å²) in [6, 6.07) is 6.05. The molecule has 0 aliphatic heterocycles. The Hall–Kier alpha value is -2.26. The van der Waals surface area contributed by atoms with Crippen molar-refractivity contribution in [2.45, 2.75) is 29.9 Å². The number of carbonyl (C=O) groups is 1. The highest BCUT2D eigenvalue weighted by Crippen LogP contribution is 2.29. The molecule has 0 saturated carbocycles. The number of benzene rings is 1. The van der Waals surface area contributed by atoms with Gasteiger partial charge in [-0.05, 0) is 18.1 Å². The highest BCUT2D eigenvalue weighted by atomic mass is 32.2. The van der Waals surface area contributed by atoms with E-state index in [9.17, 15) is 14.9 Å². The smallest absolute Gasteiger partial charge is 0.270 e. The fraction of sp³-hybridized carbons (Fsp3) is 0.267. The number of nitro benzene ring substituents is 1. The molecule has 0 aliphatic rings. The molecule has 0 fully saturated rings. The van der Waals surface area contributed by atoms with Crippen molar-refractivity contribution in [1.82, 2.24) is 10.2 Å². The lowest BCUT2D eigenvalue weighted by molar-refractivity contribution is -0.384. The summed E-state index contributed by atoms with van der Waals surface area (Å²) in [4.78, 5) is 22.1. The van der Waals surface area contributed by atoms with Crippen LogP contribution in [-0.4, -0.2) is 26.3 Å². The number of non-ortho nitro benzene ring substituents is 1. The third kappa shape index (κ3) is 5.43. The fourth-order valence-corrected chi connectivity index (χ4v) is 3.63. The number of hydrogen-bond donors (Lipinski definition) is 1. The molecule has 0 bridgehead atoms. The molecule has 1 aromatic heterocycles. The molecule has 2 aromatic rings. The Balaban J connectivity index is 1.95. The topological polar surface area (TPSA) is 98.0 Å². The average Bonchev–Trinajstić information content (AvgIpc) is 2.99. The van der Waals surface area contributed by atoms with Gasteiger partial charge in [0.25, 0.3) is 5.69 Å². The standard InChI is InChI=1S/C15H16N4O3S2/c1-3-10(2)23-15-18-17-14(24-15)16-13(20)8-7-11-5-4-6-12(9-11)19(21)22/h4-10H,3H2,1-2H3,(H,16,17,20)/b8-7+. The van der Waals surface area contributed by atoms with Crippen LogP contribution >= 0.6 is 23.1 Å². The van der Waals surface area contributed by atoms with Crippen LogP contribution < -0.4 is 5.32 Å². The number of thioether (sulfide) groups is 1. The zero-order valence-corrected chi connectivity index (χ0v) is 14.8. The van der Waals surface area contributed by atoms with Crippen LogP contribution in [0, 0.1) is 10.1 Å². The number of hydrogen-bond acceptors (Lipinski definition) is 7. The van der Waals surface area contributed by atoms with Crippen molar-refractivity contribution in [3.05, 3.63) is 46.0 Å². The van der Waals surface area contributed by atoms with Gasteiger partial charge >= 0.3 is 0 Å². The summed E-state index contributed by atoms with van der Waals surface area (Å²) in [6.45, 7) is 4.20. The quantitative estimate of drug-likeness (QED) is 0.262. The fourth-order valence-electron chi connectivity index (χ4n) is 1.62. The van der Waals surface area contributed by atoms with Gasteiger partial charge in [0, 0.05) is 23.5 Å². The number of aromatic nitrogens is 2. The van der Waals surface area contributed by atoms with E-state index in [0.717, 1.165) is 10.8 Å². The van der Waals surface area contributed by atoms with Crippen molar-refractivity contribution >= 4 is 45.9 Å². The van der Waals surface area contributed by atoms with Crippen LogP contribution in [0.3, 0.4) is 0 Å². The average molecular weight is 364 g/mol. The molecule has 126 valence electrons. The SMILES string of the molecule is CCC(C)Sc1nnc(NC(=O)/C=C/c2cccc([N+](=O)[O-])c2)s1. The molecule has 1 N–H and O–H groups in total. The number of nitrogens with one attached hydrogen (secondary N) is 1. The van der Waals surface area contributed by atoms with Gasteiger partial charge in [-0.15, -0.1) is 10.2 Å². The van der Waals surface area contributed by atoms with E-state index in [2.05, 4.69) is 29.4 Å². The molecule has 1 aromatic carbocycles. The van der Waals surface area contributed by atoms with Crippen LogP contribution in [-0.2, 0) is 4.79 Å². The number of carbonyl (C=O) groups excluding carboxylic acids is 1. The van der Waals surface area contributed by atoms with Crippen molar-refractivity contribution in [3.63, 3.8) is 0 Å². The molecule has 0 spiro atoms. The summed E-state index contributed by atoms with van der Waals surface area (Å²) in [5.74, 6) is -0.363. The van der Waals surface area contributed by atoms with E-state index >= 15 is 0 Å². The van der Waals surface area contributed by atoms with Crippen molar-refractivity contribution in [1.29, 1.82) is 0 Å². The largest absolute Gasteiger partial charge is 0.297 e. The molecule has 1 atom stereocenters. The third-order valence-electron chi connectivity index (χ3n) is 3.02. The van der Waals surface area contributed by atoms with E-state index in [4.69, 9.17) is 0 Å². The molecular weight excluding hydrogens is 348 g/mol. The lowest BCUT2D eigenvalue weighted by atomic mass is 10.2. The van der Waals surface area contributed by atoms with E-state index in [-0.39, 0.29) is 11.6 Å². The van der Waals surface area contributed by atoms with Crippen LogP contribution in [0.2, 0.25) is 0 Å². The molecule has 9 heteroatoms. The minimum absolute atomic E-state index is 0.0200. The van der Waals surface area contributed by atoms with Crippen molar-refractivity contribution in [3.8, 4) is 0 Å². The monoisotopic (exact) mass is 364 g/mol. The number of nitro groups is 1. The lowest BCUT2D eigenvalue weighted by Crippen LogP contribution is -2.07. The molecule has 1 heterocycles. The molecular formula is C15H16N4O3S2. The molecule has 0 saturated heterocycles. The Morgan fingerprint density at radius 3 is 3.00 bits per heavy atom. The number of rotatable bonds is 7. The van der Waals surface area contributed by atoms with Crippen LogP contribution in [0.1, 0.15) is 25.8 Å². The second kappa shape index (κ2) is 8.55. The second-order valence-corrected chi connectivity index (χ2v) is 7.55. The first-order chi connectivity index (χ1) is 11.5. The molecule has 1 amide bonds. The predicted molar refractivity (Wildman–Crippen MR) is 96.3 cm³/mol. The van der Waals surface area contributed by atoms with E-state index in [1.807, 2.05) is 0 Å². The Morgan fingerprint density at radius 1 is 1.50 bits per heavy atom. The van der Waals surface area contributed by atoms with E-state index in [1.54, 1.807) is 23.9 Å². The number of nitrogens with zero attached hydrogens (tertiary/aromatic N) is 3. The highest BCUT2D eigenvalue weighted by Gasteiger charge is 2.10. The van der Waals surface area contributed by atoms with Gasteiger partial charge in [-0.25, -0.2) is 0 Å². The zero-order chi connectivity index (χ0) is 17.5. The summed E-state index contributed by atoms with van der Waals surface area (Å²) >= 11 is 2.94.